The molecule has 2 aromatic rings. The van der Waals surface area contributed by atoms with Gasteiger partial charge < -0.3 is 15.2 Å². The molecule has 0 aliphatic carbocycles. The van der Waals surface area contributed by atoms with Crippen LogP contribution in [0.2, 0.25) is 0 Å². The van der Waals surface area contributed by atoms with Gasteiger partial charge in [0.2, 0.25) is 0 Å². The Morgan fingerprint density at radius 3 is 2.65 bits per heavy atom. The quantitative estimate of drug-likeness (QED) is 0.904. The number of halogens is 2. The highest BCUT2D eigenvalue weighted by Crippen LogP contribution is 2.24. The molecule has 0 bridgehead atoms. The van der Waals surface area contributed by atoms with Crippen LogP contribution in [0.25, 0.3) is 0 Å². The summed E-state index contributed by atoms with van der Waals surface area (Å²) >= 11 is 3.13. The number of rotatable bonds is 5. The lowest BCUT2D eigenvalue weighted by Crippen LogP contribution is -2.02. The van der Waals surface area contributed by atoms with E-state index in [1.54, 1.807) is 19.2 Å². The zero-order valence-corrected chi connectivity index (χ0v) is 12.6. The maximum atomic E-state index is 13.1. The van der Waals surface area contributed by atoms with Crippen LogP contribution in [0.3, 0.4) is 0 Å². The molecule has 2 aromatic carbocycles. The second-order valence-corrected chi connectivity index (χ2v) is 5.07. The molecule has 0 atom stereocenters. The summed E-state index contributed by atoms with van der Waals surface area (Å²) in [5.41, 5.74) is 7.52. The second-order valence-electron chi connectivity index (χ2n) is 4.21. The van der Waals surface area contributed by atoms with Gasteiger partial charge in [0.1, 0.15) is 23.9 Å². The van der Waals surface area contributed by atoms with E-state index < -0.39 is 0 Å². The van der Waals surface area contributed by atoms with Gasteiger partial charge in [-0.05, 0) is 45.8 Å². The SMILES string of the molecule is COc1cc(COc2ccc(F)c(Br)c2)ccc1CN. The fourth-order valence-electron chi connectivity index (χ4n) is 1.78. The molecule has 0 saturated carbocycles. The Bertz CT molecular complexity index is 604. The molecule has 2 N–H and O–H groups in total. The summed E-state index contributed by atoms with van der Waals surface area (Å²) < 4.78 is 24.4. The summed E-state index contributed by atoms with van der Waals surface area (Å²) in [4.78, 5) is 0. The van der Waals surface area contributed by atoms with Gasteiger partial charge in [-0.2, -0.15) is 0 Å². The highest BCUT2D eigenvalue weighted by Gasteiger charge is 2.05. The van der Waals surface area contributed by atoms with Gasteiger partial charge in [-0.1, -0.05) is 12.1 Å². The summed E-state index contributed by atoms with van der Waals surface area (Å²) in [5, 5.41) is 0. The minimum absolute atomic E-state index is 0.314. The van der Waals surface area contributed by atoms with E-state index in [0.717, 1.165) is 16.9 Å². The predicted molar refractivity (Wildman–Crippen MR) is 79.3 cm³/mol. The van der Waals surface area contributed by atoms with Crippen LogP contribution in [0, 0.1) is 5.82 Å². The van der Waals surface area contributed by atoms with Crippen LogP contribution in [0.15, 0.2) is 40.9 Å². The van der Waals surface area contributed by atoms with E-state index in [2.05, 4.69) is 15.9 Å². The van der Waals surface area contributed by atoms with Crippen molar-refractivity contribution < 1.29 is 13.9 Å². The van der Waals surface area contributed by atoms with E-state index in [-0.39, 0.29) is 5.82 Å². The Morgan fingerprint density at radius 2 is 2.00 bits per heavy atom. The van der Waals surface area contributed by atoms with Crippen molar-refractivity contribution in [3.8, 4) is 11.5 Å². The lowest BCUT2D eigenvalue weighted by atomic mass is 10.1. The van der Waals surface area contributed by atoms with Crippen molar-refractivity contribution in [2.75, 3.05) is 7.11 Å². The Balaban J connectivity index is 2.08. The maximum absolute atomic E-state index is 13.1. The van der Waals surface area contributed by atoms with Gasteiger partial charge in [-0.15, -0.1) is 0 Å². The van der Waals surface area contributed by atoms with Gasteiger partial charge in [0.05, 0.1) is 11.6 Å². The molecule has 20 heavy (non-hydrogen) atoms. The zero-order valence-electron chi connectivity index (χ0n) is 11.0. The first kappa shape index (κ1) is 14.8. The average molecular weight is 340 g/mol. The van der Waals surface area contributed by atoms with Gasteiger partial charge in [0.25, 0.3) is 0 Å². The van der Waals surface area contributed by atoms with Crippen LogP contribution < -0.4 is 15.2 Å². The van der Waals surface area contributed by atoms with Crippen molar-refractivity contribution in [1.82, 2.24) is 0 Å². The van der Waals surface area contributed by atoms with Gasteiger partial charge in [-0.25, -0.2) is 4.39 Å². The summed E-state index contributed by atoms with van der Waals surface area (Å²) in [6, 6.07) is 10.3. The molecule has 0 amide bonds. The lowest BCUT2D eigenvalue weighted by molar-refractivity contribution is 0.304. The van der Waals surface area contributed by atoms with Crippen LogP contribution in [-0.4, -0.2) is 7.11 Å². The van der Waals surface area contributed by atoms with E-state index in [9.17, 15) is 4.39 Å². The minimum atomic E-state index is -0.314. The molecule has 0 heterocycles. The second kappa shape index (κ2) is 6.72. The van der Waals surface area contributed by atoms with E-state index in [4.69, 9.17) is 15.2 Å². The fourth-order valence-corrected chi connectivity index (χ4v) is 2.14. The lowest BCUT2D eigenvalue weighted by Gasteiger charge is -2.11. The van der Waals surface area contributed by atoms with Crippen molar-refractivity contribution in [3.05, 3.63) is 57.8 Å². The number of hydrogen-bond donors (Lipinski definition) is 1. The largest absolute Gasteiger partial charge is 0.496 e. The maximum Gasteiger partial charge on any atom is 0.137 e. The van der Waals surface area contributed by atoms with Crippen LogP contribution in [-0.2, 0) is 13.2 Å². The summed E-state index contributed by atoms with van der Waals surface area (Å²) in [7, 11) is 1.61. The van der Waals surface area contributed by atoms with E-state index >= 15 is 0 Å². The predicted octanol–water partition coefficient (Wildman–Crippen LogP) is 3.63. The highest BCUT2D eigenvalue weighted by molar-refractivity contribution is 9.10. The molecule has 0 fully saturated rings. The van der Waals surface area contributed by atoms with Gasteiger partial charge in [0.15, 0.2) is 0 Å². The van der Waals surface area contributed by atoms with Crippen molar-refractivity contribution in [2.24, 2.45) is 5.73 Å². The van der Waals surface area contributed by atoms with Gasteiger partial charge in [0, 0.05) is 12.1 Å². The van der Waals surface area contributed by atoms with Gasteiger partial charge in [-0.3, -0.25) is 0 Å². The molecular formula is C15H15BrFNO2. The van der Waals surface area contributed by atoms with Crippen LogP contribution in [0.4, 0.5) is 4.39 Å². The van der Waals surface area contributed by atoms with Crippen LogP contribution >= 0.6 is 15.9 Å². The average Bonchev–Trinajstić information content (AvgIpc) is 2.48. The zero-order chi connectivity index (χ0) is 14.5. The third-order valence-electron chi connectivity index (χ3n) is 2.87. The van der Waals surface area contributed by atoms with Crippen LogP contribution in [0.1, 0.15) is 11.1 Å². The molecule has 0 aromatic heterocycles. The first-order valence-corrected chi connectivity index (χ1v) is 6.87. The smallest absolute Gasteiger partial charge is 0.137 e. The normalized spacial score (nSPS) is 10.4. The standard InChI is InChI=1S/C15H15BrFNO2/c1-19-15-6-10(2-3-11(15)8-18)9-20-12-4-5-14(17)13(16)7-12/h2-7H,8-9,18H2,1H3. The van der Waals surface area contributed by atoms with Crippen molar-refractivity contribution in [2.45, 2.75) is 13.2 Å². The number of methoxy groups -OCH3 is 1. The Morgan fingerprint density at radius 1 is 1.20 bits per heavy atom. The molecule has 0 spiro atoms. The first-order chi connectivity index (χ1) is 9.63. The third kappa shape index (κ3) is 3.49. The molecule has 2 rings (SSSR count). The van der Waals surface area contributed by atoms with E-state index in [1.165, 1.54) is 6.07 Å². The Kier molecular flexibility index (Phi) is 4.98. The molecule has 0 radical (unpaired) electrons. The number of hydrogen-bond acceptors (Lipinski definition) is 3. The molecule has 5 heteroatoms. The third-order valence-corrected chi connectivity index (χ3v) is 3.48. The topological polar surface area (TPSA) is 44.5 Å². The number of benzene rings is 2. The Labute approximate surface area is 125 Å². The summed E-state index contributed by atoms with van der Waals surface area (Å²) in [6.45, 7) is 0.800. The fraction of sp³-hybridized carbons (Fsp3) is 0.200. The number of nitrogens with two attached hydrogens (primary N) is 1. The van der Waals surface area contributed by atoms with Crippen molar-refractivity contribution in [3.63, 3.8) is 0 Å². The van der Waals surface area contributed by atoms with Gasteiger partial charge >= 0.3 is 0 Å². The minimum Gasteiger partial charge on any atom is -0.496 e. The molecule has 0 saturated heterocycles. The molecule has 106 valence electrons. The Hall–Kier alpha value is -1.59. The molecular weight excluding hydrogens is 325 g/mol. The number of ether oxygens (including phenoxy) is 2. The molecule has 0 aliphatic rings. The molecule has 0 aliphatic heterocycles. The van der Waals surface area contributed by atoms with E-state index in [1.807, 2.05) is 18.2 Å². The monoisotopic (exact) mass is 339 g/mol. The van der Waals surface area contributed by atoms with Crippen LogP contribution in [0.5, 0.6) is 11.5 Å². The first-order valence-electron chi connectivity index (χ1n) is 6.07. The highest BCUT2D eigenvalue weighted by atomic mass is 79.9. The summed E-state index contributed by atoms with van der Waals surface area (Å²) in [6.07, 6.45) is 0. The van der Waals surface area contributed by atoms with Crippen molar-refractivity contribution >= 4 is 15.9 Å². The molecule has 0 unspecified atom stereocenters. The van der Waals surface area contributed by atoms with E-state index in [0.29, 0.717) is 23.4 Å². The molecule has 3 nitrogen and oxygen atoms in total. The van der Waals surface area contributed by atoms with Crippen molar-refractivity contribution in [1.29, 1.82) is 0 Å². The summed E-state index contributed by atoms with van der Waals surface area (Å²) in [5.74, 6) is 1.03.